The first-order valence-corrected chi connectivity index (χ1v) is 5.07. The molecule has 1 aromatic heterocycles. The Bertz CT molecular complexity index is 554. The van der Waals surface area contributed by atoms with Gasteiger partial charge in [0.2, 0.25) is 0 Å². The van der Waals surface area contributed by atoms with E-state index in [0.717, 1.165) is 6.07 Å². The van der Waals surface area contributed by atoms with Gasteiger partial charge >= 0.3 is 0 Å². The number of aromatic nitrogens is 2. The van der Waals surface area contributed by atoms with Gasteiger partial charge in [0.25, 0.3) is 0 Å². The van der Waals surface area contributed by atoms with Crippen LogP contribution in [0.15, 0.2) is 22.8 Å². The van der Waals surface area contributed by atoms with Gasteiger partial charge < -0.3 is 4.98 Å². The molecule has 2 aromatic rings. The van der Waals surface area contributed by atoms with Crippen LogP contribution in [-0.2, 0) is 0 Å². The summed E-state index contributed by atoms with van der Waals surface area (Å²) in [7, 11) is 0. The Balaban J connectivity index is 2.56. The summed E-state index contributed by atoms with van der Waals surface area (Å²) >= 11 is 2.94. The summed E-state index contributed by atoms with van der Waals surface area (Å²) in [5.74, 6) is -1.63. The molecule has 0 bridgehead atoms. The minimum Gasteiger partial charge on any atom is -0.336 e. The number of nitrogens with one attached hydrogen (secondary N) is 1. The molecule has 0 amide bonds. The van der Waals surface area contributed by atoms with Gasteiger partial charge in [0.1, 0.15) is 5.82 Å². The Morgan fingerprint density at radius 3 is 2.75 bits per heavy atom. The third kappa shape index (κ3) is 1.76. The fourth-order valence-corrected chi connectivity index (χ4v) is 1.75. The van der Waals surface area contributed by atoms with Crippen molar-refractivity contribution in [2.45, 2.75) is 0 Å². The maximum atomic E-state index is 13.2. The molecular formula is C10H5BrF2N2O. The first-order chi connectivity index (χ1) is 7.63. The number of aldehydes is 1. The number of aromatic amines is 1. The number of nitrogens with zero attached hydrogens (tertiary/aromatic N) is 1. The maximum absolute atomic E-state index is 13.2. The number of imidazole rings is 1. The van der Waals surface area contributed by atoms with E-state index in [1.165, 1.54) is 12.3 Å². The quantitative estimate of drug-likeness (QED) is 0.682. The van der Waals surface area contributed by atoms with Crippen molar-refractivity contribution in [1.29, 1.82) is 0 Å². The van der Waals surface area contributed by atoms with Crippen LogP contribution in [0.5, 0.6) is 0 Å². The Morgan fingerprint density at radius 2 is 2.12 bits per heavy atom. The lowest BCUT2D eigenvalue weighted by atomic mass is 10.2. The minimum absolute atomic E-state index is 0.0284. The monoisotopic (exact) mass is 286 g/mol. The van der Waals surface area contributed by atoms with Crippen molar-refractivity contribution in [2.75, 3.05) is 0 Å². The molecule has 1 heterocycles. The summed E-state index contributed by atoms with van der Waals surface area (Å²) in [6.45, 7) is 0. The molecule has 6 heteroatoms. The second-order valence-corrected chi connectivity index (χ2v) is 3.82. The normalized spacial score (nSPS) is 10.4. The number of carbonyl (C=O) groups excluding carboxylic acids is 1. The Hall–Kier alpha value is -1.56. The van der Waals surface area contributed by atoms with Crippen LogP contribution in [0, 0.1) is 11.6 Å². The van der Waals surface area contributed by atoms with Crippen LogP contribution in [-0.4, -0.2) is 16.3 Å². The van der Waals surface area contributed by atoms with Crippen molar-refractivity contribution in [3.63, 3.8) is 0 Å². The van der Waals surface area contributed by atoms with E-state index in [9.17, 15) is 13.6 Å². The first kappa shape index (κ1) is 10.9. The number of H-pyrrole nitrogens is 1. The third-order valence-electron chi connectivity index (χ3n) is 2.01. The van der Waals surface area contributed by atoms with Gasteiger partial charge in [-0.3, -0.25) is 4.79 Å². The fourth-order valence-electron chi connectivity index (χ4n) is 1.24. The summed E-state index contributed by atoms with van der Waals surface area (Å²) < 4.78 is 26.1. The number of hydrogen-bond acceptors (Lipinski definition) is 2. The van der Waals surface area contributed by atoms with Crippen LogP contribution in [0.3, 0.4) is 0 Å². The highest BCUT2D eigenvalue weighted by Gasteiger charge is 2.14. The zero-order valence-corrected chi connectivity index (χ0v) is 9.38. The predicted octanol–water partition coefficient (Wildman–Crippen LogP) is 2.93. The maximum Gasteiger partial charge on any atom is 0.173 e. The molecule has 0 aliphatic heterocycles. The summed E-state index contributed by atoms with van der Waals surface area (Å²) in [5, 5.41) is 0. The SMILES string of the molecule is O=Cc1cnc(-c2ccc(F)c(F)c2Br)[nH]1. The van der Waals surface area contributed by atoms with E-state index in [1.54, 1.807) is 0 Å². The van der Waals surface area contributed by atoms with Crippen molar-refractivity contribution >= 4 is 22.2 Å². The van der Waals surface area contributed by atoms with E-state index in [-0.39, 0.29) is 10.2 Å². The first-order valence-electron chi connectivity index (χ1n) is 4.27. The van der Waals surface area contributed by atoms with Crippen molar-refractivity contribution in [3.8, 4) is 11.4 Å². The second kappa shape index (κ2) is 4.13. The average Bonchev–Trinajstić information content (AvgIpc) is 2.74. The van der Waals surface area contributed by atoms with Crippen molar-refractivity contribution < 1.29 is 13.6 Å². The lowest BCUT2D eigenvalue weighted by Crippen LogP contribution is -1.90. The molecule has 1 aromatic carbocycles. The van der Waals surface area contributed by atoms with E-state index in [4.69, 9.17) is 0 Å². The molecule has 0 atom stereocenters. The van der Waals surface area contributed by atoms with Crippen LogP contribution in [0.2, 0.25) is 0 Å². The molecule has 3 nitrogen and oxygen atoms in total. The molecule has 16 heavy (non-hydrogen) atoms. The number of rotatable bonds is 2. The van der Waals surface area contributed by atoms with E-state index >= 15 is 0 Å². The molecule has 1 N–H and O–H groups in total. The summed E-state index contributed by atoms with van der Waals surface area (Å²) in [5.41, 5.74) is 0.624. The fraction of sp³-hybridized carbons (Fsp3) is 0. The number of benzene rings is 1. The second-order valence-electron chi connectivity index (χ2n) is 3.03. The van der Waals surface area contributed by atoms with Crippen molar-refractivity contribution in [1.82, 2.24) is 9.97 Å². The lowest BCUT2D eigenvalue weighted by Gasteiger charge is -2.02. The summed E-state index contributed by atoms with van der Waals surface area (Å²) in [6.07, 6.45) is 1.90. The average molecular weight is 287 g/mol. The zero-order chi connectivity index (χ0) is 11.7. The Kier molecular flexibility index (Phi) is 2.82. The van der Waals surface area contributed by atoms with Gasteiger partial charge in [-0.15, -0.1) is 0 Å². The Labute approximate surface area is 97.6 Å². The zero-order valence-electron chi connectivity index (χ0n) is 7.80. The summed E-state index contributed by atoms with van der Waals surface area (Å²) in [4.78, 5) is 17.0. The van der Waals surface area contributed by atoms with Gasteiger partial charge in [0.05, 0.1) is 16.4 Å². The van der Waals surface area contributed by atoms with Gasteiger partial charge in [0, 0.05) is 5.56 Å². The number of hydrogen-bond donors (Lipinski definition) is 1. The highest BCUT2D eigenvalue weighted by molar-refractivity contribution is 9.10. The largest absolute Gasteiger partial charge is 0.336 e. The molecule has 0 saturated carbocycles. The lowest BCUT2D eigenvalue weighted by molar-refractivity contribution is 0.111. The molecule has 2 rings (SSSR count). The van der Waals surface area contributed by atoms with E-state index in [1.807, 2.05) is 0 Å². The van der Waals surface area contributed by atoms with Gasteiger partial charge in [0.15, 0.2) is 17.9 Å². The molecule has 0 saturated heterocycles. The van der Waals surface area contributed by atoms with Gasteiger partial charge in [-0.05, 0) is 28.1 Å². The highest BCUT2D eigenvalue weighted by atomic mass is 79.9. The summed E-state index contributed by atoms with van der Waals surface area (Å²) in [6, 6.07) is 2.37. The molecule has 0 aliphatic rings. The van der Waals surface area contributed by atoms with Crippen LogP contribution < -0.4 is 0 Å². The van der Waals surface area contributed by atoms with Gasteiger partial charge in [-0.2, -0.15) is 0 Å². The highest BCUT2D eigenvalue weighted by Crippen LogP contribution is 2.29. The standard InChI is InChI=1S/C10H5BrF2N2O/c11-8-6(1-2-7(12)9(8)13)10-14-3-5(4-16)15-10/h1-4H,(H,14,15). The number of carbonyl (C=O) groups is 1. The van der Waals surface area contributed by atoms with Crippen LogP contribution in [0.4, 0.5) is 8.78 Å². The van der Waals surface area contributed by atoms with Crippen LogP contribution in [0.25, 0.3) is 11.4 Å². The van der Waals surface area contributed by atoms with Gasteiger partial charge in [-0.25, -0.2) is 13.8 Å². The van der Waals surface area contributed by atoms with E-state index in [0.29, 0.717) is 17.7 Å². The molecule has 0 aliphatic carbocycles. The van der Waals surface area contributed by atoms with Crippen molar-refractivity contribution in [3.05, 3.63) is 40.1 Å². The van der Waals surface area contributed by atoms with Gasteiger partial charge in [-0.1, -0.05) is 0 Å². The molecule has 0 radical (unpaired) electrons. The topological polar surface area (TPSA) is 45.8 Å². The minimum atomic E-state index is -0.985. The van der Waals surface area contributed by atoms with E-state index < -0.39 is 11.6 Å². The third-order valence-corrected chi connectivity index (χ3v) is 2.79. The predicted molar refractivity (Wildman–Crippen MR) is 57.0 cm³/mol. The molecular weight excluding hydrogens is 282 g/mol. The molecule has 82 valence electrons. The number of halogens is 3. The van der Waals surface area contributed by atoms with E-state index in [2.05, 4.69) is 25.9 Å². The molecule has 0 unspecified atom stereocenters. The van der Waals surface area contributed by atoms with Crippen LogP contribution >= 0.6 is 15.9 Å². The van der Waals surface area contributed by atoms with Crippen molar-refractivity contribution in [2.24, 2.45) is 0 Å². The molecule has 0 spiro atoms. The Morgan fingerprint density at radius 1 is 1.38 bits per heavy atom. The molecule has 0 fully saturated rings. The van der Waals surface area contributed by atoms with Crippen LogP contribution in [0.1, 0.15) is 10.5 Å². The smallest absolute Gasteiger partial charge is 0.173 e.